The van der Waals surface area contributed by atoms with Crippen LogP contribution < -0.4 is 4.18 Å². The van der Waals surface area contributed by atoms with Crippen LogP contribution >= 0.6 is 0 Å². The fraction of sp³-hybridized carbons (Fsp3) is 0.591. The average Bonchev–Trinajstić information content (AvgIpc) is 2.68. The third kappa shape index (κ3) is 6.46. The van der Waals surface area contributed by atoms with Gasteiger partial charge in [0, 0.05) is 11.5 Å². The Balaban J connectivity index is 2.73. The minimum atomic E-state index is -5.83. The maximum absolute atomic E-state index is 12.8. The van der Waals surface area contributed by atoms with E-state index in [1.165, 1.54) is 6.07 Å². The molecule has 0 N–H and O–H groups in total. The van der Waals surface area contributed by atoms with Crippen molar-refractivity contribution in [2.45, 2.75) is 65.4 Å². The van der Waals surface area contributed by atoms with Gasteiger partial charge in [-0.25, -0.2) is 4.98 Å². The molecule has 185 valence electrons. The minimum Gasteiger partial charge on any atom is -0.412 e. The molecule has 33 heavy (non-hydrogen) atoms. The summed E-state index contributed by atoms with van der Waals surface area (Å²) in [4.78, 5) is 6.43. The molecular weight excluding hydrogens is 473 g/mol. The second kappa shape index (κ2) is 10.3. The maximum Gasteiger partial charge on any atom is 0.534 e. The molecule has 0 saturated carbocycles. The first-order valence-corrected chi connectivity index (χ1v) is 14.5. The summed E-state index contributed by atoms with van der Waals surface area (Å²) in [6.07, 6.45) is -0.239. The molecular formula is C22H32F3N2O4SSi. The summed E-state index contributed by atoms with van der Waals surface area (Å²) in [5.74, 6) is -0.630. The molecule has 1 aromatic carbocycles. The van der Waals surface area contributed by atoms with Crippen molar-refractivity contribution in [3.05, 3.63) is 35.9 Å². The van der Waals surface area contributed by atoms with Gasteiger partial charge in [-0.2, -0.15) is 21.6 Å². The van der Waals surface area contributed by atoms with Crippen LogP contribution in [0.25, 0.3) is 10.9 Å². The van der Waals surface area contributed by atoms with Gasteiger partial charge in [-0.05, 0) is 43.2 Å². The van der Waals surface area contributed by atoms with Crippen LogP contribution in [-0.4, -0.2) is 52.0 Å². The average molecular weight is 506 g/mol. The minimum absolute atomic E-state index is 0.239. The molecule has 2 unspecified atom stereocenters. The number of aromatic nitrogens is 1. The standard InChI is InChI=1S/C22H32F3N2O4SSi/c1-8-27(9-2)19(20(21(3,4)5)31-33(6)7)16-12-10-11-15-13-14-17(26-18(15)16)30-32(28,29)22(23,24)25/h10-14,19-20H,8-9H2,1-7H3. The molecule has 0 aliphatic heterocycles. The summed E-state index contributed by atoms with van der Waals surface area (Å²) in [6.45, 7) is 15.8. The topological polar surface area (TPSA) is 68.7 Å². The molecule has 0 spiro atoms. The van der Waals surface area contributed by atoms with E-state index in [1.807, 2.05) is 26.0 Å². The van der Waals surface area contributed by atoms with Crippen LogP contribution in [0.4, 0.5) is 13.2 Å². The lowest BCUT2D eigenvalue weighted by molar-refractivity contribution is -0.0501. The van der Waals surface area contributed by atoms with E-state index < -0.39 is 30.5 Å². The van der Waals surface area contributed by atoms with Gasteiger partial charge in [-0.15, -0.1) is 0 Å². The van der Waals surface area contributed by atoms with Gasteiger partial charge in [0.1, 0.15) is 0 Å². The molecule has 11 heteroatoms. The Kier molecular flexibility index (Phi) is 8.59. The SMILES string of the molecule is CCN(CC)C(c1cccc2ccc(OS(=O)(=O)C(F)(F)F)nc12)C(O[Si](C)C)C(C)(C)C. The molecule has 2 rings (SSSR count). The van der Waals surface area contributed by atoms with Crippen LogP contribution in [0.5, 0.6) is 5.88 Å². The zero-order chi connectivity index (χ0) is 25.2. The number of hydrogen-bond donors (Lipinski definition) is 0. The highest BCUT2D eigenvalue weighted by Gasteiger charge is 2.49. The number of nitrogens with zero attached hydrogens (tertiary/aromatic N) is 2. The van der Waals surface area contributed by atoms with E-state index in [0.29, 0.717) is 24.0 Å². The number of benzene rings is 1. The van der Waals surface area contributed by atoms with E-state index in [9.17, 15) is 21.6 Å². The second-order valence-corrected chi connectivity index (χ2v) is 12.6. The number of fused-ring (bicyclic) bond motifs is 1. The molecule has 0 fully saturated rings. The third-order valence-corrected chi connectivity index (χ3v) is 6.91. The Morgan fingerprint density at radius 1 is 1.06 bits per heavy atom. The molecule has 1 heterocycles. The Morgan fingerprint density at radius 3 is 2.15 bits per heavy atom. The lowest BCUT2D eigenvalue weighted by Crippen LogP contribution is -2.46. The van der Waals surface area contributed by atoms with Crippen molar-refractivity contribution in [1.29, 1.82) is 0 Å². The van der Waals surface area contributed by atoms with Gasteiger partial charge in [0.05, 0.1) is 17.7 Å². The molecule has 0 amide bonds. The van der Waals surface area contributed by atoms with Gasteiger partial charge in [0.25, 0.3) is 0 Å². The first-order chi connectivity index (χ1) is 15.1. The maximum atomic E-state index is 12.8. The Bertz CT molecular complexity index is 1050. The highest BCUT2D eigenvalue weighted by Crippen LogP contribution is 2.40. The summed E-state index contributed by atoms with van der Waals surface area (Å²) < 4.78 is 72.3. The first kappa shape index (κ1) is 27.6. The van der Waals surface area contributed by atoms with Crippen molar-refractivity contribution in [3.63, 3.8) is 0 Å². The first-order valence-electron chi connectivity index (χ1n) is 10.7. The van der Waals surface area contributed by atoms with Crippen LogP contribution in [0.15, 0.2) is 30.3 Å². The number of pyridine rings is 1. The van der Waals surface area contributed by atoms with Gasteiger partial charge in [0.2, 0.25) is 14.9 Å². The largest absolute Gasteiger partial charge is 0.534 e. The van der Waals surface area contributed by atoms with E-state index in [1.54, 1.807) is 6.07 Å². The Morgan fingerprint density at radius 2 is 1.67 bits per heavy atom. The molecule has 0 saturated heterocycles. The number of halogens is 3. The summed E-state index contributed by atoms with van der Waals surface area (Å²) in [5, 5.41) is 0.660. The van der Waals surface area contributed by atoms with Crippen LogP contribution in [-0.2, 0) is 14.5 Å². The number of alkyl halides is 3. The van der Waals surface area contributed by atoms with Crippen molar-refractivity contribution in [3.8, 4) is 5.88 Å². The van der Waals surface area contributed by atoms with Crippen molar-refractivity contribution in [2.24, 2.45) is 5.41 Å². The summed E-state index contributed by atoms with van der Waals surface area (Å²) in [7, 11) is -6.92. The summed E-state index contributed by atoms with van der Waals surface area (Å²) in [6, 6.07) is 7.86. The highest BCUT2D eigenvalue weighted by molar-refractivity contribution is 7.87. The van der Waals surface area contributed by atoms with Gasteiger partial charge >= 0.3 is 15.6 Å². The Hall–Kier alpha value is -1.69. The van der Waals surface area contributed by atoms with Gasteiger partial charge in [0.15, 0.2) is 0 Å². The molecule has 6 nitrogen and oxygen atoms in total. The third-order valence-electron chi connectivity index (χ3n) is 5.23. The normalized spacial score (nSPS) is 15.3. The summed E-state index contributed by atoms with van der Waals surface area (Å²) >= 11 is 0. The molecule has 2 aromatic rings. The van der Waals surface area contributed by atoms with Crippen LogP contribution in [0.3, 0.4) is 0 Å². The van der Waals surface area contributed by atoms with Crippen molar-refractivity contribution >= 4 is 30.1 Å². The van der Waals surface area contributed by atoms with Gasteiger partial charge in [-0.1, -0.05) is 52.8 Å². The van der Waals surface area contributed by atoms with Crippen molar-refractivity contribution < 1.29 is 30.2 Å². The van der Waals surface area contributed by atoms with E-state index in [4.69, 9.17) is 4.43 Å². The number of para-hydroxylation sites is 1. The van der Waals surface area contributed by atoms with Gasteiger partial charge in [-0.3, -0.25) is 4.90 Å². The smallest absolute Gasteiger partial charge is 0.412 e. The highest BCUT2D eigenvalue weighted by atomic mass is 32.2. The zero-order valence-corrected chi connectivity index (χ0v) is 21.8. The molecule has 2 atom stereocenters. The molecule has 1 aromatic heterocycles. The van der Waals surface area contributed by atoms with Crippen molar-refractivity contribution in [2.75, 3.05) is 13.1 Å². The van der Waals surface area contributed by atoms with E-state index >= 15 is 0 Å². The predicted octanol–water partition coefficient (Wildman–Crippen LogP) is 5.53. The van der Waals surface area contributed by atoms with Crippen LogP contribution in [0.1, 0.15) is 46.2 Å². The van der Waals surface area contributed by atoms with Crippen LogP contribution in [0.2, 0.25) is 13.1 Å². The molecule has 0 bridgehead atoms. The van der Waals surface area contributed by atoms with E-state index in [2.05, 4.69) is 47.9 Å². The fourth-order valence-electron chi connectivity index (χ4n) is 3.73. The molecule has 1 radical (unpaired) electrons. The van der Waals surface area contributed by atoms with Gasteiger partial charge < -0.3 is 8.61 Å². The zero-order valence-electron chi connectivity index (χ0n) is 20.0. The van der Waals surface area contributed by atoms with E-state index in [0.717, 1.165) is 11.6 Å². The number of hydrogen-bond acceptors (Lipinski definition) is 6. The monoisotopic (exact) mass is 505 g/mol. The number of rotatable bonds is 9. The predicted molar refractivity (Wildman–Crippen MR) is 125 cm³/mol. The summed E-state index contributed by atoms with van der Waals surface area (Å²) in [5.41, 5.74) is -4.68. The Labute approximate surface area is 195 Å². The van der Waals surface area contributed by atoms with E-state index in [-0.39, 0.29) is 17.6 Å². The number of likely N-dealkylation sites (N-methyl/N-ethyl adjacent to an activating group) is 1. The molecule has 0 aliphatic rings. The van der Waals surface area contributed by atoms with Crippen molar-refractivity contribution in [1.82, 2.24) is 9.88 Å². The quantitative estimate of drug-likeness (QED) is 0.254. The fourth-order valence-corrected chi connectivity index (χ4v) is 5.14. The van der Waals surface area contributed by atoms with Crippen LogP contribution in [0, 0.1) is 5.41 Å². The lowest BCUT2D eigenvalue weighted by Gasteiger charge is -2.43. The second-order valence-electron chi connectivity index (χ2n) is 9.03. The molecule has 0 aliphatic carbocycles. The lowest BCUT2D eigenvalue weighted by atomic mass is 9.81.